The number of anilines is 1. The molecule has 1 fully saturated rings. The van der Waals surface area contributed by atoms with Crippen molar-refractivity contribution in [2.75, 3.05) is 25.6 Å². The van der Waals surface area contributed by atoms with E-state index in [0.717, 1.165) is 4.90 Å². The molecule has 13 heteroatoms. The molecule has 0 unspecified atom stereocenters. The highest BCUT2D eigenvalue weighted by Crippen LogP contribution is 2.34. The molecule has 0 aromatic heterocycles. The topological polar surface area (TPSA) is 145 Å². The first-order valence-electron chi connectivity index (χ1n) is 11.5. The maximum atomic E-state index is 12.9. The summed E-state index contributed by atoms with van der Waals surface area (Å²) in [6.45, 7) is -0.808. The second-order valence-corrected chi connectivity index (χ2v) is 9.68. The molecule has 0 aliphatic carbocycles. The van der Waals surface area contributed by atoms with E-state index in [9.17, 15) is 29.3 Å². The number of nitrogens with one attached hydrogen (secondary N) is 1. The van der Waals surface area contributed by atoms with Crippen LogP contribution in [0.15, 0.2) is 71.6 Å². The molecule has 3 amide bonds. The van der Waals surface area contributed by atoms with Crippen molar-refractivity contribution in [1.82, 2.24) is 4.90 Å². The largest absolute Gasteiger partial charge is 0.493 e. The Bertz CT molecular complexity index is 1540. The van der Waals surface area contributed by atoms with E-state index in [2.05, 4.69) is 5.32 Å². The van der Waals surface area contributed by atoms with Crippen molar-refractivity contribution >= 4 is 63.7 Å². The fourth-order valence-corrected chi connectivity index (χ4v) is 4.55. The molecular weight excluding hydrogens is 562 g/mol. The number of halogens is 1. The fourth-order valence-electron chi connectivity index (χ4n) is 3.59. The van der Waals surface area contributed by atoms with Gasteiger partial charge in [0.25, 0.3) is 22.7 Å². The van der Waals surface area contributed by atoms with Crippen molar-refractivity contribution in [2.45, 2.75) is 0 Å². The first-order valence-corrected chi connectivity index (χ1v) is 12.7. The zero-order valence-corrected chi connectivity index (χ0v) is 22.4. The number of ether oxygens (including phenoxy) is 2. The maximum Gasteiger partial charge on any atom is 0.293 e. The number of imide groups is 1. The number of thioether (sulfide) groups is 1. The standard InChI is InChI=1S/C27H20ClN3O8S/c1-38-23-11-16(5-10-22(23)39-15-25(33)29-19-3-2-4-20(13-19)31(36)37)12-24-26(34)30(27(35)40-24)14-21(32)17-6-8-18(28)9-7-17/h2-13H,14-15H2,1H3,(H,29,33)/b24-12-. The molecule has 1 saturated heterocycles. The van der Waals surface area contributed by atoms with Gasteiger partial charge >= 0.3 is 0 Å². The summed E-state index contributed by atoms with van der Waals surface area (Å²) in [5.74, 6) is -1.06. The Morgan fingerprint density at radius 2 is 1.82 bits per heavy atom. The third kappa shape index (κ3) is 6.84. The van der Waals surface area contributed by atoms with Crippen LogP contribution in [0.25, 0.3) is 6.08 Å². The van der Waals surface area contributed by atoms with Crippen LogP contribution in [0.5, 0.6) is 11.5 Å². The lowest BCUT2D eigenvalue weighted by atomic mass is 10.1. The van der Waals surface area contributed by atoms with Gasteiger partial charge in [0.05, 0.1) is 23.5 Å². The molecule has 4 rings (SSSR count). The van der Waals surface area contributed by atoms with Gasteiger partial charge in [-0.1, -0.05) is 23.7 Å². The first kappa shape index (κ1) is 28.3. The molecule has 40 heavy (non-hydrogen) atoms. The highest BCUT2D eigenvalue weighted by molar-refractivity contribution is 8.18. The third-order valence-electron chi connectivity index (χ3n) is 5.53. The minimum atomic E-state index is -0.602. The minimum absolute atomic E-state index is 0.126. The van der Waals surface area contributed by atoms with Crippen LogP contribution in [-0.2, 0) is 9.59 Å². The predicted octanol–water partition coefficient (Wildman–Crippen LogP) is 5.19. The molecule has 3 aromatic carbocycles. The van der Waals surface area contributed by atoms with Crippen molar-refractivity contribution < 1.29 is 33.6 Å². The van der Waals surface area contributed by atoms with Crippen LogP contribution in [0.2, 0.25) is 5.02 Å². The van der Waals surface area contributed by atoms with Crippen LogP contribution in [0.4, 0.5) is 16.2 Å². The summed E-state index contributed by atoms with van der Waals surface area (Å²) in [5, 5.41) is 13.3. The number of carbonyl (C=O) groups excluding carboxylic acids is 4. The van der Waals surface area contributed by atoms with Crippen molar-refractivity contribution in [2.24, 2.45) is 0 Å². The number of non-ortho nitro benzene ring substituents is 1. The van der Waals surface area contributed by atoms with E-state index in [4.69, 9.17) is 21.1 Å². The number of hydrogen-bond donors (Lipinski definition) is 1. The molecule has 0 atom stereocenters. The second kappa shape index (κ2) is 12.5. The number of nitro benzene ring substituents is 1. The van der Waals surface area contributed by atoms with Gasteiger partial charge in [-0.05, 0) is 65.9 Å². The minimum Gasteiger partial charge on any atom is -0.493 e. The average Bonchev–Trinajstić information content (AvgIpc) is 3.19. The molecule has 1 aliphatic rings. The number of carbonyl (C=O) groups is 4. The van der Waals surface area contributed by atoms with Gasteiger partial charge in [-0.25, -0.2) is 0 Å². The lowest BCUT2D eigenvalue weighted by Crippen LogP contribution is -2.33. The van der Waals surface area contributed by atoms with Crippen LogP contribution in [0.3, 0.4) is 0 Å². The summed E-state index contributed by atoms with van der Waals surface area (Å²) in [5.41, 5.74) is 0.919. The van der Waals surface area contributed by atoms with Crippen LogP contribution < -0.4 is 14.8 Å². The highest BCUT2D eigenvalue weighted by atomic mass is 35.5. The van der Waals surface area contributed by atoms with Gasteiger partial charge in [0.1, 0.15) is 0 Å². The van der Waals surface area contributed by atoms with Gasteiger partial charge in [-0.3, -0.25) is 34.2 Å². The lowest BCUT2D eigenvalue weighted by molar-refractivity contribution is -0.384. The number of ketones is 1. The molecule has 0 saturated carbocycles. The van der Waals surface area contributed by atoms with Gasteiger partial charge < -0.3 is 14.8 Å². The van der Waals surface area contributed by atoms with E-state index < -0.39 is 40.9 Å². The Labute approximate surface area is 236 Å². The average molecular weight is 582 g/mol. The van der Waals surface area contributed by atoms with E-state index in [0.29, 0.717) is 27.9 Å². The first-order chi connectivity index (χ1) is 19.1. The second-order valence-electron chi connectivity index (χ2n) is 8.25. The molecule has 204 valence electrons. The number of benzene rings is 3. The van der Waals surface area contributed by atoms with Crippen molar-refractivity contribution in [3.63, 3.8) is 0 Å². The SMILES string of the molecule is COc1cc(/C=C2\SC(=O)N(CC(=O)c3ccc(Cl)cc3)C2=O)ccc1OCC(=O)Nc1cccc([N+](=O)[O-])c1. The van der Waals surface area contributed by atoms with Crippen LogP contribution in [0, 0.1) is 10.1 Å². The Kier molecular flexibility index (Phi) is 8.82. The summed E-state index contributed by atoms with van der Waals surface area (Å²) in [7, 11) is 1.39. The van der Waals surface area contributed by atoms with Gasteiger partial charge in [-0.15, -0.1) is 0 Å². The smallest absolute Gasteiger partial charge is 0.293 e. The Morgan fingerprint density at radius 3 is 2.52 bits per heavy atom. The van der Waals surface area contributed by atoms with Gasteiger partial charge in [0.15, 0.2) is 23.9 Å². The van der Waals surface area contributed by atoms with Crippen LogP contribution in [0.1, 0.15) is 15.9 Å². The molecule has 11 nitrogen and oxygen atoms in total. The monoisotopic (exact) mass is 581 g/mol. The van der Waals surface area contributed by atoms with E-state index in [1.165, 1.54) is 55.7 Å². The molecule has 1 aliphatic heterocycles. The quantitative estimate of drug-likeness (QED) is 0.148. The molecule has 0 spiro atoms. The number of nitro groups is 1. The van der Waals surface area contributed by atoms with E-state index >= 15 is 0 Å². The molecular formula is C27H20ClN3O8S. The molecule has 3 aromatic rings. The van der Waals surface area contributed by atoms with E-state index in [-0.39, 0.29) is 27.8 Å². The number of hydrogen-bond acceptors (Lipinski definition) is 9. The fraction of sp³-hybridized carbons (Fsp3) is 0.111. The third-order valence-corrected chi connectivity index (χ3v) is 6.69. The molecule has 0 bridgehead atoms. The summed E-state index contributed by atoms with van der Waals surface area (Å²) in [4.78, 5) is 61.5. The van der Waals surface area contributed by atoms with Crippen molar-refractivity contribution in [1.29, 1.82) is 0 Å². The summed E-state index contributed by atoms with van der Waals surface area (Å²) in [6, 6.07) is 16.3. The summed E-state index contributed by atoms with van der Waals surface area (Å²) >= 11 is 6.55. The van der Waals surface area contributed by atoms with E-state index in [1.54, 1.807) is 24.3 Å². The zero-order chi connectivity index (χ0) is 28.8. The zero-order valence-electron chi connectivity index (χ0n) is 20.8. The Balaban J connectivity index is 1.40. The van der Waals surface area contributed by atoms with Gasteiger partial charge in [0.2, 0.25) is 0 Å². The number of amides is 3. The Morgan fingerprint density at radius 1 is 1.07 bits per heavy atom. The van der Waals surface area contributed by atoms with Gasteiger partial charge in [0, 0.05) is 28.4 Å². The molecule has 0 radical (unpaired) electrons. The van der Waals surface area contributed by atoms with Crippen molar-refractivity contribution in [3.05, 3.63) is 97.9 Å². The summed E-state index contributed by atoms with van der Waals surface area (Å²) in [6.07, 6.45) is 1.49. The normalized spacial score (nSPS) is 13.8. The molecule has 1 N–H and O–H groups in total. The highest BCUT2D eigenvalue weighted by Gasteiger charge is 2.36. The lowest BCUT2D eigenvalue weighted by Gasteiger charge is -2.12. The number of nitrogens with zero attached hydrogens (tertiary/aromatic N) is 2. The number of methoxy groups -OCH3 is 1. The summed E-state index contributed by atoms with van der Waals surface area (Å²) < 4.78 is 10.9. The number of rotatable bonds is 10. The van der Waals surface area contributed by atoms with Crippen LogP contribution >= 0.6 is 23.4 Å². The van der Waals surface area contributed by atoms with Gasteiger partial charge in [-0.2, -0.15) is 0 Å². The van der Waals surface area contributed by atoms with E-state index in [1.807, 2.05) is 0 Å². The van der Waals surface area contributed by atoms with Crippen LogP contribution in [-0.4, -0.2) is 52.9 Å². The Hall–Kier alpha value is -4.68. The van der Waals surface area contributed by atoms with Crippen molar-refractivity contribution in [3.8, 4) is 11.5 Å². The predicted molar refractivity (Wildman–Crippen MR) is 149 cm³/mol. The number of Topliss-reactive ketones (excluding diaryl/α,β-unsaturated/α-hetero) is 1. The maximum absolute atomic E-state index is 12.9. The molecule has 1 heterocycles.